The Balaban J connectivity index is 1.91. The summed E-state index contributed by atoms with van der Waals surface area (Å²) in [4.78, 5) is 0. The summed E-state index contributed by atoms with van der Waals surface area (Å²) in [6.07, 6.45) is 1.92. The number of nitrogens with two attached hydrogens (primary N) is 1. The zero-order valence-corrected chi connectivity index (χ0v) is 12.7. The molecule has 0 bridgehead atoms. The van der Waals surface area contributed by atoms with Crippen LogP contribution in [0.15, 0.2) is 42.5 Å². The van der Waals surface area contributed by atoms with Gasteiger partial charge in [-0.25, -0.2) is 4.39 Å². The maximum atomic E-state index is 13.0. The quantitative estimate of drug-likeness (QED) is 0.861. The van der Waals surface area contributed by atoms with Crippen LogP contribution >= 0.6 is 11.6 Å². The van der Waals surface area contributed by atoms with Crippen molar-refractivity contribution in [1.29, 1.82) is 0 Å². The molecular formula is C17H19ClFNO. The van der Waals surface area contributed by atoms with Crippen molar-refractivity contribution in [3.05, 3.63) is 64.4 Å². The third-order valence-electron chi connectivity index (χ3n) is 3.22. The molecule has 2 aromatic rings. The molecule has 0 radical (unpaired) electrons. The molecule has 0 amide bonds. The van der Waals surface area contributed by atoms with E-state index in [0.717, 1.165) is 24.2 Å². The molecule has 2 nitrogen and oxygen atoms in total. The van der Waals surface area contributed by atoms with Gasteiger partial charge >= 0.3 is 0 Å². The highest BCUT2D eigenvalue weighted by atomic mass is 35.5. The zero-order chi connectivity index (χ0) is 15.2. The van der Waals surface area contributed by atoms with Crippen molar-refractivity contribution in [2.24, 2.45) is 5.73 Å². The fourth-order valence-corrected chi connectivity index (χ4v) is 2.17. The van der Waals surface area contributed by atoms with E-state index in [-0.39, 0.29) is 11.9 Å². The van der Waals surface area contributed by atoms with Gasteiger partial charge in [0, 0.05) is 11.6 Å². The molecule has 0 aliphatic heterocycles. The van der Waals surface area contributed by atoms with Crippen LogP contribution in [0.2, 0.25) is 5.02 Å². The van der Waals surface area contributed by atoms with Crippen LogP contribution in [0.25, 0.3) is 0 Å². The summed E-state index contributed by atoms with van der Waals surface area (Å²) in [5.74, 6) is 0.419. The molecule has 0 saturated carbocycles. The van der Waals surface area contributed by atoms with Crippen LogP contribution in [0.4, 0.5) is 4.39 Å². The second-order valence-corrected chi connectivity index (χ2v) is 5.59. The molecule has 1 unspecified atom stereocenters. The SMILES string of the molecule is CC(N)CCc1ccc(OCc2ccc(F)cc2Cl)cc1. The van der Waals surface area contributed by atoms with E-state index < -0.39 is 0 Å². The molecule has 0 aliphatic rings. The fourth-order valence-electron chi connectivity index (χ4n) is 1.95. The third-order valence-corrected chi connectivity index (χ3v) is 3.57. The van der Waals surface area contributed by atoms with Crippen LogP contribution in [0.5, 0.6) is 5.75 Å². The van der Waals surface area contributed by atoms with E-state index in [1.807, 2.05) is 31.2 Å². The van der Waals surface area contributed by atoms with Gasteiger partial charge in [-0.1, -0.05) is 29.8 Å². The van der Waals surface area contributed by atoms with Crippen molar-refractivity contribution in [3.63, 3.8) is 0 Å². The normalized spacial score (nSPS) is 12.2. The summed E-state index contributed by atoms with van der Waals surface area (Å²) in [7, 11) is 0. The van der Waals surface area contributed by atoms with E-state index in [9.17, 15) is 4.39 Å². The zero-order valence-electron chi connectivity index (χ0n) is 12.0. The Morgan fingerprint density at radius 3 is 2.52 bits per heavy atom. The van der Waals surface area contributed by atoms with Gasteiger partial charge in [0.15, 0.2) is 0 Å². The van der Waals surface area contributed by atoms with Gasteiger partial charge in [0.05, 0.1) is 5.02 Å². The average Bonchev–Trinajstić information content (AvgIpc) is 2.45. The Kier molecular flexibility index (Phi) is 5.59. The lowest BCUT2D eigenvalue weighted by molar-refractivity contribution is 0.306. The minimum Gasteiger partial charge on any atom is -0.489 e. The van der Waals surface area contributed by atoms with Crippen LogP contribution in [0, 0.1) is 5.82 Å². The Hall–Kier alpha value is -1.58. The molecule has 0 heterocycles. The van der Waals surface area contributed by atoms with E-state index in [2.05, 4.69) is 0 Å². The highest BCUT2D eigenvalue weighted by Crippen LogP contribution is 2.20. The largest absolute Gasteiger partial charge is 0.489 e. The van der Waals surface area contributed by atoms with Crippen molar-refractivity contribution < 1.29 is 9.13 Å². The monoisotopic (exact) mass is 307 g/mol. The first-order chi connectivity index (χ1) is 10.0. The third kappa shape index (κ3) is 5.03. The summed E-state index contributed by atoms with van der Waals surface area (Å²) >= 11 is 5.96. The Labute approximate surface area is 129 Å². The maximum absolute atomic E-state index is 13.0. The van der Waals surface area contributed by atoms with Gasteiger partial charge in [0.2, 0.25) is 0 Å². The van der Waals surface area contributed by atoms with Crippen LogP contribution in [0.1, 0.15) is 24.5 Å². The van der Waals surface area contributed by atoms with E-state index in [0.29, 0.717) is 11.6 Å². The average molecular weight is 308 g/mol. The lowest BCUT2D eigenvalue weighted by Gasteiger charge is -2.09. The lowest BCUT2D eigenvalue weighted by atomic mass is 10.1. The predicted octanol–water partition coefficient (Wildman–Crippen LogP) is 4.34. The van der Waals surface area contributed by atoms with Crippen molar-refractivity contribution >= 4 is 11.6 Å². The summed E-state index contributed by atoms with van der Waals surface area (Å²) in [5, 5.41) is 0.378. The van der Waals surface area contributed by atoms with Crippen molar-refractivity contribution in [2.45, 2.75) is 32.4 Å². The van der Waals surface area contributed by atoms with Gasteiger partial charge in [0.1, 0.15) is 18.2 Å². The van der Waals surface area contributed by atoms with Crippen molar-refractivity contribution in [1.82, 2.24) is 0 Å². The molecule has 4 heteroatoms. The van der Waals surface area contributed by atoms with E-state index >= 15 is 0 Å². The Bertz CT molecular complexity index is 584. The molecule has 0 aromatic heterocycles. The first-order valence-electron chi connectivity index (χ1n) is 6.96. The van der Waals surface area contributed by atoms with Crippen LogP contribution in [-0.4, -0.2) is 6.04 Å². The number of benzene rings is 2. The minimum atomic E-state index is -0.345. The Morgan fingerprint density at radius 1 is 1.19 bits per heavy atom. The first kappa shape index (κ1) is 15.8. The number of hydrogen-bond donors (Lipinski definition) is 1. The van der Waals surface area contributed by atoms with Gasteiger partial charge in [-0.15, -0.1) is 0 Å². The summed E-state index contributed by atoms with van der Waals surface area (Å²) in [6, 6.07) is 12.4. The maximum Gasteiger partial charge on any atom is 0.124 e. The van der Waals surface area contributed by atoms with Crippen molar-refractivity contribution in [3.8, 4) is 5.75 Å². The van der Waals surface area contributed by atoms with Gasteiger partial charge < -0.3 is 10.5 Å². The van der Waals surface area contributed by atoms with Crippen LogP contribution in [-0.2, 0) is 13.0 Å². The summed E-state index contributed by atoms with van der Waals surface area (Å²) in [5.41, 5.74) is 7.74. The van der Waals surface area contributed by atoms with E-state index in [4.69, 9.17) is 22.1 Å². The molecular weight excluding hydrogens is 289 g/mol. The molecule has 0 aliphatic carbocycles. The highest BCUT2D eigenvalue weighted by Gasteiger charge is 2.03. The fraction of sp³-hybridized carbons (Fsp3) is 0.294. The molecule has 0 spiro atoms. The van der Waals surface area contributed by atoms with Crippen LogP contribution < -0.4 is 10.5 Å². The first-order valence-corrected chi connectivity index (χ1v) is 7.33. The number of ether oxygens (including phenoxy) is 1. The summed E-state index contributed by atoms with van der Waals surface area (Å²) in [6.45, 7) is 2.32. The standard InChI is InChI=1S/C17H19ClFNO/c1-12(20)2-3-13-4-8-16(9-5-13)21-11-14-6-7-15(19)10-17(14)18/h4-10,12H,2-3,11,20H2,1H3. The lowest BCUT2D eigenvalue weighted by Crippen LogP contribution is -2.15. The number of halogens is 2. The van der Waals surface area contributed by atoms with Crippen molar-refractivity contribution in [2.75, 3.05) is 0 Å². The molecule has 2 N–H and O–H groups in total. The molecule has 0 fully saturated rings. The molecule has 0 saturated heterocycles. The second-order valence-electron chi connectivity index (χ2n) is 5.18. The molecule has 2 rings (SSSR count). The minimum absolute atomic E-state index is 0.210. The topological polar surface area (TPSA) is 35.2 Å². The Morgan fingerprint density at radius 2 is 1.90 bits per heavy atom. The molecule has 1 atom stereocenters. The number of hydrogen-bond acceptors (Lipinski definition) is 2. The van der Waals surface area contributed by atoms with Gasteiger partial charge in [-0.05, 0) is 49.6 Å². The molecule has 2 aromatic carbocycles. The number of aryl methyl sites for hydroxylation is 1. The number of rotatable bonds is 6. The van der Waals surface area contributed by atoms with E-state index in [1.165, 1.54) is 17.7 Å². The second kappa shape index (κ2) is 7.43. The van der Waals surface area contributed by atoms with Crippen LogP contribution in [0.3, 0.4) is 0 Å². The van der Waals surface area contributed by atoms with Gasteiger partial charge in [0.25, 0.3) is 0 Å². The van der Waals surface area contributed by atoms with E-state index in [1.54, 1.807) is 6.07 Å². The molecule has 21 heavy (non-hydrogen) atoms. The smallest absolute Gasteiger partial charge is 0.124 e. The molecule has 112 valence electrons. The van der Waals surface area contributed by atoms with Gasteiger partial charge in [-0.3, -0.25) is 0 Å². The van der Waals surface area contributed by atoms with Gasteiger partial charge in [-0.2, -0.15) is 0 Å². The predicted molar refractivity (Wildman–Crippen MR) is 84.2 cm³/mol. The summed E-state index contributed by atoms with van der Waals surface area (Å²) < 4.78 is 18.6. The highest BCUT2D eigenvalue weighted by molar-refractivity contribution is 6.31.